The Morgan fingerprint density at radius 1 is 1.89 bits per heavy atom. The molecular weight excluding hydrogens is 144 g/mol. The first-order valence-electron chi connectivity index (χ1n) is 2.47. The van der Waals surface area contributed by atoms with Crippen molar-refractivity contribution in [2.75, 3.05) is 13.7 Å². The number of rotatable bonds is 3. The van der Waals surface area contributed by atoms with Gasteiger partial charge in [0.1, 0.15) is 0 Å². The van der Waals surface area contributed by atoms with Crippen LogP contribution in [-0.4, -0.2) is 27.5 Å². The molecule has 0 aliphatic carbocycles. The van der Waals surface area contributed by atoms with Crippen LogP contribution < -0.4 is 0 Å². The molecule has 0 bridgehead atoms. The topological polar surface area (TPSA) is 59.1 Å². The van der Waals surface area contributed by atoms with E-state index in [0.29, 0.717) is 13.0 Å². The van der Waals surface area contributed by atoms with Crippen LogP contribution in [0.3, 0.4) is 0 Å². The van der Waals surface area contributed by atoms with E-state index in [1.165, 1.54) is 7.11 Å². The van der Waals surface area contributed by atoms with E-state index in [9.17, 15) is 4.21 Å². The predicted octanol–water partition coefficient (Wildman–Crippen LogP) is -0.145. The Balaban J connectivity index is 2.34. The highest BCUT2D eigenvalue weighted by molar-refractivity contribution is 7.99. The highest BCUT2D eigenvalue weighted by Gasteiger charge is 2.30. The second kappa shape index (κ2) is 2.26. The van der Waals surface area contributed by atoms with Gasteiger partial charge in [0.25, 0.3) is 0 Å². The van der Waals surface area contributed by atoms with Crippen LogP contribution in [0.5, 0.6) is 0 Å². The Bertz CT molecular complexity index is 213. The van der Waals surface area contributed by atoms with Crippen LogP contribution in [0.25, 0.3) is 0 Å². The summed E-state index contributed by atoms with van der Waals surface area (Å²) in [5.41, 5.74) is 0. The molecule has 1 atom stereocenters. The zero-order valence-electron chi connectivity index (χ0n) is 4.99. The first-order chi connectivity index (χ1) is 4.17. The summed E-state index contributed by atoms with van der Waals surface area (Å²) >= 11 is 0. The third kappa shape index (κ3) is 1.65. The smallest absolute Gasteiger partial charge is 0.235 e. The van der Waals surface area contributed by atoms with Crippen molar-refractivity contribution in [3.63, 3.8) is 0 Å². The van der Waals surface area contributed by atoms with Crippen LogP contribution in [0.2, 0.25) is 0 Å². The quantitative estimate of drug-likeness (QED) is 0.571. The lowest BCUT2D eigenvalue weighted by Crippen LogP contribution is -1.91. The molecule has 1 heterocycles. The number of hydrogen-bond acceptors (Lipinski definition) is 3. The van der Waals surface area contributed by atoms with Crippen molar-refractivity contribution >= 4 is 15.1 Å². The van der Waals surface area contributed by atoms with Crippen molar-refractivity contribution in [2.24, 2.45) is 0 Å². The lowest BCUT2D eigenvalue weighted by Gasteiger charge is -1.86. The molecule has 1 N–H and O–H groups in total. The number of methoxy groups -OCH3 is 1. The Hall–Kier alpha value is -0.100. The molecule has 1 aliphatic rings. The Kier molecular flexibility index (Phi) is 1.76. The first-order valence-corrected chi connectivity index (χ1v) is 3.91. The van der Waals surface area contributed by atoms with E-state index in [1.807, 2.05) is 0 Å². The maximum absolute atomic E-state index is 10.4. The van der Waals surface area contributed by atoms with Crippen LogP contribution in [0.1, 0.15) is 6.42 Å². The third-order valence-electron chi connectivity index (χ3n) is 0.978. The Morgan fingerprint density at radius 3 is 2.78 bits per heavy atom. The molecule has 0 aromatic rings. The molecule has 0 saturated heterocycles. The van der Waals surface area contributed by atoms with Crippen molar-refractivity contribution in [2.45, 2.75) is 6.42 Å². The van der Waals surface area contributed by atoms with Gasteiger partial charge in [-0.05, 0) is 0 Å². The van der Waals surface area contributed by atoms with Crippen molar-refractivity contribution in [1.29, 1.82) is 0 Å². The van der Waals surface area contributed by atoms with Gasteiger partial charge in [0, 0.05) is 13.5 Å². The monoisotopic (exact) mass is 152 g/mol. The number of ether oxygens (including phenoxy) is 1. The van der Waals surface area contributed by atoms with E-state index in [0.717, 1.165) is 0 Å². The van der Waals surface area contributed by atoms with E-state index < -0.39 is 10.1 Å². The fourth-order valence-corrected chi connectivity index (χ4v) is 1.28. The van der Waals surface area contributed by atoms with Crippen molar-refractivity contribution in [1.82, 2.24) is 0 Å². The Morgan fingerprint density at radius 2 is 2.44 bits per heavy atom. The molecule has 1 rings (SSSR count). The maximum Gasteiger partial charge on any atom is 0.235 e. The lowest BCUT2D eigenvalue weighted by atomic mass is 10.5. The van der Waals surface area contributed by atoms with Gasteiger partial charge in [-0.2, -0.15) is 0 Å². The summed E-state index contributed by atoms with van der Waals surface area (Å²) in [6.45, 7) is 0.437. The summed E-state index contributed by atoms with van der Waals surface area (Å²) in [7, 11) is -1.41. The fourth-order valence-electron chi connectivity index (χ4n) is 0.465. The van der Waals surface area contributed by atoms with E-state index in [-0.39, 0.29) is 5.05 Å². The zero-order valence-corrected chi connectivity index (χ0v) is 5.81. The Labute approximate surface area is 53.8 Å². The van der Waals surface area contributed by atoms with Gasteiger partial charge >= 0.3 is 0 Å². The molecule has 0 spiro atoms. The van der Waals surface area contributed by atoms with Crippen LogP contribution >= 0.6 is 0 Å². The second-order valence-electron chi connectivity index (χ2n) is 1.67. The van der Waals surface area contributed by atoms with E-state index in [4.69, 9.17) is 4.55 Å². The molecule has 1 unspecified atom stereocenters. The van der Waals surface area contributed by atoms with Gasteiger partial charge in [-0.3, -0.25) is 4.55 Å². The number of hydrogen-bond donors (Lipinski definition) is 1. The van der Waals surface area contributed by atoms with Crippen LogP contribution in [0, 0.1) is 0 Å². The minimum atomic E-state index is -2.94. The summed E-state index contributed by atoms with van der Waals surface area (Å²) in [5, 5.41) is 0.254. The second-order valence-corrected chi connectivity index (χ2v) is 3.25. The summed E-state index contributed by atoms with van der Waals surface area (Å²) in [5.74, 6) is 0. The minimum absolute atomic E-state index is 0.254. The lowest BCUT2D eigenvalue weighted by molar-refractivity contribution is 0.206. The molecule has 0 aromatic heterocycles. The van der Waals surface area contributed by atoms with Gasteiger partial charge in [-0.15, -0.1) is 0 Å². The van der Waals surface area contributed by atoms with Gasteiger partial charge in [0.2, 0.25) is 10.1 Å². The molecule has 0 radical (unpaired) electrons. The third-order valence-corrected chi connectivity index (χ3v) is 2.12. The summed E-state index contributed by atoms with van der Waals surface area (Å²) in [4.78, 5) is 0. The largest absolute Gasteiger partial charge is 0.384 e. The minimum Gasteiger partial charge on any atom is -0.384 e. The van der Waals surface area contributed by atoms with Crippen LogP contribution in [-0.2, 0) is 19.0 Å². The molecule has 5 heteroatoms. The van der Waals surface area contributed by atoms with Gasteiger partial charge in [0.15, 0.2) is 5.05 Å². The molecule has 4 nitrogen and oxygen atoms in total. The summed E-state index contributed by atoms with van der Waals surface area (Å²) in [6.07, 6.45) is 0.422. The van der Waals surface area contributed by atoms with Gasteiger partial charge in [-0.25, -0.2) is 8.39 Å². The molecule has 54 valence electrons. The van der Waals surface area contributed by atoms with Gasteiger partial charge in [0.05, 0.1) is 6.61 Å². The van der Waals surface area contributed by atoms with Crippen LogP contribution in [0.4, 0.5) is 0 Å². The van der Waals surface area contributed by atoms with Gasteiger partial charge in [-0.1, -0.05) is 0 Å². The van der Waals surface area contributed by atoms with E-state index in [2.05, 4.69) is 8.92 Å². The molecular formula is C4H8O4S. The fraction of sp³-hybridized carbons (Fsp3) is 0.750. The summed E-state index contributed by atoms with van der Waals surface area (Å²) in [6, 6.07) is 0. The zero-order chi connectivity index (χ0) is 6.91. The van der Waals surface area contributed by atoms with Crippen molar-refractivity contribution < 1.29 is 17.7 Å². The van der Waals surface area contributed by atoms with Crippen molar-refractivity contribution in [3.05, 3.63) is 0 Å². The summed E-state index contributed by atoms with van der Waals surface area (Å²) < 4.78 is 27.9. The van der Waals surface area contributed by atoms with Crippen molar-refractivity contribution in [3.8, 4) is 0 Å². The molecule has 0 amide bonds. The maximum atomic E-state index is 10.4. The highest BCUT2D eigenvalue weighted by atomic mass is 32.3. The molecule has 9 heavy (non-hydrogen) atoms. The molecule has 0 fully saturated rings. The molecule has 0 saturated carbocycles. The standard InChI is InChI=1S/C4H8O4S/c1-7-3-2-4-8-9(4,5)6/h2-3H2,1H3,(H,5,6). The average molecular weight is 152 g/mol. The van der Waals surface area contributed by atoms with Crippen LogP contribution in [0.15, 0.2) is 0 Å². The first kappa shape index (κ1) is 7.01. The van der Waals surface area contributed by atoms with E-state index in [1.54, 1.807) is 0 Å². The molecule has 0 aromatic carbocycles. The predicted molar refractivity (Wildman–Crippen MR) is 33.4 cm³/mol. The van der Waals surface area contributed by atoms with Gasteiger partial charge < -0.3 is 4.74 Å². The SMILES string of the molecule is COCCC1=S(=O)(O)O1. The highest BCUT2D eigenvalue weighted by Crippen LogP contribution is 2.14. The normalized spacial score (nSPS) is 32.9. The molecule has 1 aliphatic heterocycles. The average Bonchev–Trinajstić information content (AvgIpc) is 2.35. The van der Waals surface area contributed by atoms with E-state index >= 15 is 0 Å².